The van der Waals surface area contributed by atoms with E-state index in [-0.39, 0.29) is 5.82 Å². The van der Waals surface area contributed by atoms with Gasteiger partial charge in [-0.2, -0.15) is 0 Å². The second kappa shape index (κ2) is 7.93. The number of aromatic nitrogens is 2. The second-order valence-corrected chi connectivity index (χ2v) is 6.47. The van der Waals surface area contributed by atoms with Crippen molar-refractivity contribution in [1.82, 2.24) is 9.97 Å². The first kappa shape index (κ1) is 17.2. The number of nitrogens with zero attached hydrogens (tertiary/aromatic N) is 1. The third kappa shape index (κ3) is 4.66. The number of aryl methyl sites for hydroxylation is 3. The highest BCUT2D eigenvalue weighted by atomic mass is 19.1. The van der Waals surface area contributed by atoms with Crippen LogP contribution >= 0.6 is 0 Å². The van der Waals surface area contributed by atoms with Crippen molar-refractivity contribution >= 4 is 5.57 Å². The Kier molecular flexibility index (Phi) is 5.44. The van der Waals surface area contributed by atoms with Gasteiger partial charge in [0.05, 0.1) is 12.0 Å². The number of aromatic amines is 1. The molecule has 0 unspecified atom stereocenters. The molecular weight excluding hydrogens is 311 g/mol. The average Bonchev–Trinajstić information content (AvgIpc) is 3.09. The summed E-state index contributed by atoms with van der Waals surface area (Å²) < 4.78 is 13.2. The summed E-state index contributed by atoms with van der Waals surface area (Å²) >= 11 is 0. The highest BCUT2D eigenvalue weighted by molar-refractivity contribution is 5.77. The molecule has 0 bridgehead atoms. The molecule has 0 aliphatic heterocycles. The Morgan fingerprint density at radius 2 is 1.80 bits per heavy atom. The van der Waals surface area contributed by atoms with E-state index >= 15 is 0 Å². The van der Waals surface area contributed by atoms with Gasteiger partial charge < -0.3 is 4.98 Å². The van der Waals surface area contributed by atoms with Crippen molar-refractivity contribution < 1.29 is 4.39 Å². The SMILES string of the molecule is Cc1cc(C)cc(CCCC=C(c2ccc(F)cc2)c2c[nH]cn2)c1. The topological polar surface area (TPSA) is 28.7 Å². The molecule has 2 nitrogen and oxygen atoms in total. The molecule has 0 saturated heterocycles. The Morgan fingerprint density at radius 3 is 2.44 bits per heavy atom. The fourth-order valence-electron chi connectivity index (χ4n) is 3.17. The molecular formula is C22H23FN2. The maximum atomic E-state index is 13.2. The van der Waals surface area contributed by atoms with Crippen molar-refractivity contribution in [3.8, 4) is 0 Å². The monoisotopic (exact) mass is 334 g/mol. The summed E-state index contributed by atoms with van der Waals surface area (Å²) in [4.78, 5) is 7.35. The van der Waals surface area contributed by atoms with Gasteiger partial charge in [-0.05, 0) is 56.4 Å². The molecule has 2 aromatic carbocycles. The molecule has 0 saturated carbocycles. The minimum Gasteiger partial charge on any atom is -0.351 e. The lowest BCUT2D eigenvalue weighted by Crippen LogP contribution is -1.91. The highest BCUT2D eigenvalue weighted by Gasteiger charge is 2.07. The molecule has 3 rings (SSSR count). The maximum Gasteiger partial charge on any atom is 0.123 e. The molecule has 25 heavy (non-hydrogen) atoms. The van der Waals surface area contributed by atoms with Crippen LogP contribution in [-0.4, -0.2) is 9.97 Å². The molecule has 3 aromatic rings. The van der Waals surface area contributed by atoms with Crippen molar-refractivity contribution in [2.45, 2.75) is 33.1 Å². The van der Waals surface area contributed by atoms with Crippen LogP contribution in [0.25, 0.3) is 5.57 Å². The second-order valence-electron chi connectivity index (χ2n) is 6.47. The predicted molar refractivity (Wildman–Crippen MR) is 101 cm³/mol. The van der Waals surface area contributed by atoms with Gasteiger partial charge in [0, 0.05) is 11.8 Å². The Hall–Kier alpha value is -2.68. The summed E-state index contributed by atoms with van der Waals surface area (Å²) in [7, 11) is 0. The number of halogens is 1. The Morgan fingerprint density at radius 1 is 1.08 bits per heavy atom. The van der Waals surface area contributed by atoms with Gasteiger partial charge in [0.25, 0.3) is 0 Å². The Bertz CT molecular complexity index is 826. The maximum absolute atomic E-state index is 13.2. The van der Waals surface area contributed by atoms with Crippen molar-refractivity contribution in [3.05, 3.63) is 94.8 Å². The first-order valence-electron chi connectivity index (χ1n) is 8.64. The van der Waals surface area contributed by atoms with Crippen LogP contribution in [0, 0.1) is 19.7 Å². The zero-order valence-electron chi connectivity index (χ0n) is 14.7. The van der Waals surface area contributed by atoms with Crippen LogP contribution < -0.4 is 0 Å². The number of allylic oxidation sites excluding steroid dienone is 1. The van der Waals surface area contributed by atoms with Gasteiger partial charge in [0.15, 0.2) is 0 Å². The number of imidazole rings is 1. The van der Waals surface area contributed by atoms with Crippen molar-refractivity contribution in [3.63, 3.8) is 0 Å². The fraction of sp³-hybridized carbons (Fsp3) is 0.227. The largest absolute Gasteiger partial charge is 0.351 e. The smallest absolute Gasteiger partial charge is 0.123 e. The molecule has 1 aromatic heterocycles. The third-order valence-corrected chi connectivity index (χ3v) is 4.23. The van der Waals surface area contributed by atoms with Gasteiger partial charge in [0.2, 0.25) is 0 Å². The van der Waals surface area contributed by atoms with E-state index in [0.29, 0.717) is 0 Å². The quantitative estimate of drug-likeness (QED) is 0.582. The van der Waals surface area contributed by atoms with Gasteiger partial charge in [-0.15, -0.1) is 0 Å². The Balaban J connectivity index is 1.72. The van der Waals surface area contributed by atoms with Crippen LogP contribution in [0.1, 0.15) is 40.8 Å². The molecule has 128 valence electrons. The molecule has 0 radical (unpaired) electrons. The average molecular weight is 334 g/mol. The summed E-state index contributed by atoms with van der Waals surface area (Å²) in [6, 6.07) is 13.3. The van der Waals surface area contributed by atoms with Gasteiger partial charge in [0.1, 0.15) is 5.82 Å². The first-order chi connectivity index (χ1) is 12.1. The standard InChI is InChI=1S/C22H23FN2/c1-16-11-17(2)13-18(12-16)5-3-4-6-21(22-14-24-15-25-22)19-7-9-20(23)10-8-19/h6-15H,3-5H2,1-2H3,(H,24,25). The lowest BCUT2D eigenvalue weighted by Gasteiger charge is -2.07. The highest BCUT2D eigenvalue weighted by Crippen LogP contribution is 2.23. The molecule has 0 atom stereocenters. The van der Waals surface area contributed by atoms with Crippen LogP contribution in [0.4, 0.5) is 4.39 Å². The minimum absolute atomic E-state index is 0.222. The summed E-state index contributed by atoms with van der Waals surface area (Å²) in [6.45, 7) is 4.28. The van der Waals surface area contributed by atoms with E-state index in [9.17, 15) is 4.39 Å². The van der Waals surface area contributed by atoms with Gasteiger partial charge in [-0.3, -0.25) is 0 Å². The summed E-state index contributed by atoms with van der Waals surface area (Å²) in [5.41, 5.74) is 6.93. The molecule has 1 heterocycles. The van der Waals surface area contributed by atoms with E-state index in [1.54, 1.807) is 18.5 Å². The van der Waals surface area contributed by atoms with Crippen LogP contribution in [0.15, 0.2) is 61.1 Å². The number of unbranched alkanes of at least 4 members (excludes halogenated alkanes) is 1. The van der Waals surface area contributed by atoms with E-state index in [1.165, 1.54) is 28.8 Å². The molecule has 0 spiro atoms. The lowest BCUT2D eigenvalue weighted by molar-refractivity contribution is 0.627. The normalized spacial score (nSPS) is 11.7. The van der Waals surface area contributed by atoms with E-state index in [4.69, 9.17) is 0 Å². The van der Waals surface area contributed by atoms with Gasteiger partial charge >= 0.3 is 0 Å². The minimum atomic E-state index is -0.222. The molecule has 1 N–H and O–H groups in total. The number of H-pyrrole nitrogens is 1. The Labute approximate surface area is 148 Å². The number of hydrogen-bond donors (Lipinski definition) is 1. The van der Waals surface area contributed by atoms with E-state index in [0.717, 1.165) is 36.1 Å². The van der Waals surface area contributed by atoms with Gasteiger partial charge in [-0.1, -0.05) is 47.5 Å². The molecule has 3 heteroatoms. The van der Waals surface area contributed by atoms with Crippen LogP contribution in [0.2, 0.25) is 0 Å². The summed E-state index contributed by atoms with van der Waals surface area (Å²) in [5, 5.41) is 0. The summed E-state index contributed by atoms with van der Waals surface area (Å²) in [5.74, 6) is -0.222. The van der Waals surface area contributed by atoms with Crippen LogP contribution in [0.5, 0.6) is 0 Å². The van der Waals surface area contributed by atoms with Crippen molar-refractivity contribution in [2.75, 3.05) is 0 Å². The lowest BCUT2D eigenvalue weighted by atomic mass is 9.99. The third-order valence-electron chi connectivity index (χ3n) is 4.23. The van der Waals surface area contributed by atoms with E-state index in [2.05, 4.69) is 48.1 Å². The van der Waals surface area contributed by atoms with Crippen LogP contribution in [-0.2, 0) is 6.42 Å². The molecule has 0 aliphatic rings. The van der Waals surface area contributed by atoms with E-state index in [1.807, 2.05) is 6.20 Å². The zero-order chi connectivity index (χ0) is 17.6. The molecule has 0 fully saturated rings. The van der Waals surface area contributed by atoms with E-state index < -0.39 is 0 Å². The summed E-state index contributed by atoms with van der Waals surface area (Å²) in [6.07, 6.45) is 8.81. The first-order valence-corrected chi connectivity index (χ1v) is 8.64. The molecule has 0 aliphatic carbocycles. The number of rotatable bonds is 6. The number of benzene rings is 2. The molecule has 0 amide bonds. The number of nitrogens with one attached hydrogen (secondary N) is 1. The van der Waals surface area contributed by atoms with Crippen molar-refractivity contribution in [1.29, 1.82) is 0 Å². The fourth-order valence-corrected chi connectivity index (χ4v) is 3.17. The van der Waals surface area contributed by atoms with Crippen molar-refractivity contribution in [2.24, 2.45) is 0 Å². The number of hydrogen-bond acceptors (Lipinski definition) is 1. The predicted octanol–water partition coefficient (Wildman–Crippen LogP) is 5.62. The van der Waals surface area contributed by atoms with Crippen LogP contribution in [0.3, 0.4) is 0 Å². The van der Waals surface area contributed by atoms with Gasteiger partial charge in [-0.25, -0.2) is 9.37 Å². The zero-order valence-corrected chi connectivity index (χ0v) is 14.7.